The minimum atomic E-state index is -4.33. The molecule has 192 valence electrons. The highest BCUT2D eigenvalue weighted by Crippen LogP contribution is 2.40. The molecule has 1 unspecified atom stereocenters. The second-order valence-corrected chi connectivity index (χ2v) is 10.7. The molecule has 0 aliphatic carbocycles. The van der Waals surface area contributed by atoms with Crippen LogP contribution in [0.2, 0.25) is 0 Å². The Balaban J connectivity index is 1.37. The number of anilines is 1. The molecule has 0 fully saturated rings. The molecular weight excluding hydrogens is 500 g/mol. The Morgan fingerprint density at radius 3 is 2.11 bits per heavy atom. The van der Waals surface area contributed by atoms with E-state index in [0.29, 0.717) is 23.5 Å². The molecule has 2 heterocycles. The van der Waals surface area contributed by atoms with Crippen molar-refractivity contribution in [2.75, 3.05) is 11.4 Å². The van der Waals surface area contributed by atoms with Gasteiger partial charge in [0.05, 0.1) is 5.69 Å². The lowest BCUT2D eigenvalue weighted by Crippen LogP contribution is -2.44. The lowest BCUT2D eigenvalue weighted by molar-refractivity contribution is -0.665. The largest absolute Gasteiger partial charge is 0.468 e. The maximum Gasteiger partial charge on any atom is 0.354 e. The van der Waals surface area contributed by atoms with Gasteiger partial charge in [-0.05, 0) is 47.4 Å². The summed E-state index contributed by atoms with van der Waals surface area (Å²) in [4.78, 5) is 2.14. The van der Waals surface area contributed by atoms with Crippen molar-refractivity contribution in [2.45, 2.75) is 25.4 Å². The van der Waals surface area contributed by atoms with Gasteiger partial charge in [0.1, 0.15) is 12.2 Å². The zero-order valence-electron chi connectivity index (χ0n) is 20.8. The normalized spacial score (nSPS) is 15.0. The van der Waals surface area contributed by atoms with Crippen LogP contribution in [-0.4, -0.2) is 25.7 Å². The smallest absolute Gasteiger partial charge is 0.354 e. The van der Waals surface area contributed by atoms with Crippen LogP contribution in [-0.2, 0) is 22.4 Å². The van der Waals surface area contributed by atoms with Crippen molar-refractivity contribution in [3.8, 4) is 28.0 Å². The van der Waals surface area contributed by atoms with Crippen LogP contribution < -0.4 is 14.2 Å². The third-order valence-corrected chi connectivity index (χ3v) is 7.44. The zero-order chi connectivity index (χ0) is 26.3. The highest BCUT2D eigenvalue weighted by Gasteiger charge is 2.36. The summed E-state index contributed by atoms with van der Waals surface area (Å²) in [6.45, 7) is 2.74. The van der Waals surface area contributed by atoms with Crippen LogP contribution in [0.3, 0.4) is 0 Å². The Morgan fingerprint density at radius 1 is 0.842 bits per heavy atom. The Morgan fingerprint density at radius 2 is 1.47 bits per heavy atom. The number of oxazole rings is 1. The number of likely N-dealkylation sites (N-methyl/N-ethyl adjacent to an activating group) is 1. The van der Waals surface area contributed by atoms with Gasteiger partial charge in [-0.25, -0.2) is 0 Å². The summed E-state index contributed by atoms with van der Waals surface area (Å²) in [5, 5.41) is 0. The molecule has 0 saturated heterocycles. The fourth-order valence-corrected chi connectivity index (χ4v) is 5.70. The fourth-order valence-electron chi connectivity index (χ4n) is 5.09. The number of ether oxygens (including phenoxy) is 1. The number of benzene rings is 4. The highest BCUT2D eigenvalue weighted by molar-refractivity contribution is 7.84. The summed E-state index contributed by atoms with van der Waals surface area (Å²) in [7, 11) is -4.33. The van der Waals surface area contributed by atoms with Gasteiger partial charge >= 0.3 is 16.0 Å². The van der Waals surface area contributed by atoms with Crippen LogP contribution in [0, 0.1) is 0 Å². The van der Waals surface area contributed by atoms with Crippen molar-refractivity contribution in [1.82, 2.24) is 0 Å². The van der Waals surface area contributed by atoms with Gasteiger partial charge in [-0.3, -0.25) is 4.55 Å². The maximum absolute atomic E-state index is 12.0. The average Bonchev–Trinajstić information content (AvgIpc) is 3.44. The van der Waals surface area contributed by atoms with E-state index in [1.807, 2.05) is 78.9 Å². The third-order valence-electron chi connectivity index (χ3n) is 6.85. The molecule has 38 heavy (non-hydrogen) atoms. The average molecular weight is 528 g/mol. The van der Waals surface area contributed by atoms with E-state index in [1.54, 1.807) is 0 Å². The van der Waals surface area contributed by atoms with Gasteiger partial charge in [-0.1, -0.05) is 72.8 Å². The second-order valence-electron chi connectivity index (χ2n) is 9.29. The molecule has 5 aromatic rings. The van der Waals surface area contributed by atoms with Gasteiger partial charge in [-0.15, -0.1) is 4.57 Å². The Labute approximate surface area is 221 Å². The van der Waals surface area contributed by atoms with Crippen LogP contribution in [0.4, 0.5) is 5.69 Å². The number of nitrogens with zero attached hydrogens (tertiary/aromatic N) is 2. The summed E-state index contributed by atoms with van der Waals surface area (Å²) in [5.41, 5.74) is 6.22. The highest BCUT2D eigenvalue weighted by atomic mass is 32.2. The van der Waals surface area contributed by atoms with E-state index >= 15 is 0 Å². The minimum absolute atomic E-state index is 0.286. The fraction of sp³-hybridized carbons (Fsp3) is 0.167. The SMILES string of the molecule is CCN1c2cc(-c3ccccc3)ccc2OC1Cc1oc2ccc(-c3ccccc3)cc2[n+]1CS(=O)(=O)O. The molecule has 0 bridgehead atoms. The zero-order valence-corrected chi connectivity index (χ0v) is 21.6. The van der Waals surface area contributed by atoms with E-state index in [0.717, 1.165) is 33.7 Å². The Bertz CT molecular complexity index is 1720. The molecule has 1 aromatic heterocycles. The van der Waals surface area contributed by atoms with Gasteiger partial charge in [-0.2, -0.15) is 8.42 Å². The first-order chi connectivity index (χ1) is 18.4. The number of fused-ring (bicyclic) bond motifs is 2. The van der Waals surface area contributed by atoms with Crippen molar-refractivity contribution < 1.29 is 26.7 Å². The number of hydrogen-bond donors (Lipinski definition) is 1. The predicted molar refractivity (Wildman–Crippen MR) is 146 cm³/mol. The minimum Gasteiger partial charge on any atom is -0.468 e. The first-order valence-electron chi connectivity index (χ1n) is 12.5. The van der Waals surface area contributed by atoms with Gasteiger partial charge in [0.2, 0.25) is 5.58 Å². The molecule has 0 amide bonds. The first-order valence-corrected chi connectivity index (χ1v) is 14.1. The number of hydrogen-bond acceptors (Lipinski definition) is 5. The molecule has 0 saturated carbocycles. The molecule has 8 heteroatoms. The van der Waals surface area contributed by atoms with E-state index in [-0.39, 0.29) is 6.42 Å². The van der Waals surface area contributed by atoms with Crippen molar-refractivity contribution >= 4 is 26.9 Å². The monoisotopic (exact) mass is 527 g/mol. The predicted octanol–water partition coefficient (Wildman–Crippen LogP) is 5.69. The molecule has 7 nitrogen and oxygen atoms in total. The van der Waals surface area contributed by atoms with E-state index < -0.39 is 22.2 Å². The molecule has 4 aromatic carbocycles. The Hall–Kier alpha value is -4.14. The molecule has 0 spiro atoms. The van der Waals surface area contributed by atoms with Crippen molar-refractivity contribution in [2.24, 2.45) is 0 Å². The number of rotatable bonds is 7. The van der Waals surface area contributed by atoms with Gasteiger partial charge in [0.15, 0.2) is 6.23 Å². The second kappa shape index (κ2) is 9.63. The molecular formula is C30H27N2O5S+. The van der Waals surface area contributed by atoms with E-state index in [2.05, 4.69) is 30.0 Å². The van der Waals surface area contributed by atoms with Crippen LogP contribution in [0.25, 0.3) is 33.4 Å². The maximum atomic E-state index is 12.0. The molecule has 1 aliphatic rings. The Kier molecular flexibility index (Phi) is 6.13. The molecule has 6 rings (SSSR count). The van der Waals surface area contributed by atoms with Crippen LogP contribution in [0.15, 0.2) is 101 Å². The molecule has 1 atom stereocenters. The molecule has 1 N–H and O–H groups in total. The topological polar surface area (TPSA) is 83.9 Å². The number of aromatic nitrogens is 1. The van der Waals surface area contributed by atoms with Crippen LogP contribution >= 0.6 is 0 Å². The summed E-state index contributed by atoms with van der Waals surface area (Å²) in [6.07, 6.45) is -0.114. The summed E-state index contributed by atoms with van der Waals surface area (Å²) < 4.78 is 47.8. The van der Waals surface area contributed by atoms with E-state index in [9.17, 15) is 13.0 Å². The van der Waals surface area contributed by atoms with Crippen molar-refractivity contribution in [1.29, 1.82) is 0 Å². The third kappa shape index (κ3) is 4.64. The molecule has 0 radical (unpaired) electrons. The van der Waals surface area contributed by atoms with Crippen molar-refractivity contribution in [3.63, 3.8) is 0 Å². The van der Waals surface area contributed by atoms with Gasteiger partial charge in [0, 0.05) is 12.6 Å². The summed E-state index contributed by atoms with van der Waals surface area (Å²) in [5.74, 6) is 0.556. The lowest BCUT2D eigenvalue weighted by atomic mass is 10.0. The lowest BCUT2D eigenvalue weighted by Gasteiger charge is -2.22. The van der Waals surface area contributed by atoms with Crippen LogP contribution in [0.5, 0.6) is 5.75 Å². The van der Waals surface area contributed by atoms with Gasteiger partial charge < -0.3 is 14.1 Å². The van der Waals surface area contributed by atoms with Crippen molar-refractivity contribution in [3.05, 3.63) is 103 Å². The quantitative estimate of drug-likeness (QED) is 0.216. The standard InChI is InChI=1S/C30H26N2O5S/c1-2-31-25-17-23(21-9-5-3-6-10-21)13-15-27(25)36-29(31)19-30-32(20-38(33,34)35)26-18-24(14-16-28(26)37-30)22-11-7-4-8-12-22/h3-18,29H,2,19-20H2,1H3/p+1. The first kappa shape index (κ1) is 24.2. The summed E-state index contributed by atoms with van der Waals surface area (Å²) in [6, 6.07) is 31.8. The van der Waals surface area contributed by atoms with E-state index in [1.165, 1.54) is 4.57 Å². The van der Waals surface area contributed by atoms with Gasteiger partial charge in [0.25, 0.3) is 11.4 Å². The van der Waals surface area contributed by atoms with E-state index in [4.69, 9.17) is 9.15 Å². The molecule has 1 aliphatic heterocycles. The van der Waals surface area contributed by atoms with Crippen LogP contribution in [0.1, 0.15) is 12.8 Å². The summed E-state index contributed by atoms with van der Waals surface area (Å²) >= 11 is 0.